The average molecular weight is 581 g/mol. The Morgan fingerprint density at radius 3 is 1.95 bits per heavy atom. The third-order valence-corrected chi connectivity index (χ3v) is 12.1. The van der Waals surface area contributed by atoms with Crippen LogP contribution in [0.1, 0.15) is 39.0 Å². The number of methoxy groups -OCH3 is 3. The normalized spacial score (nSPS) is 41.4. The van der Waals surface area contributed by atoms with E-state index in [2.05, 4.69) is 45.9 Å². The zero-order valence-corrected chi connectivity index (χ0v) is 27.5. The molecule has 4 aliphatic carbocycles. The van der Waals surface area contributed by atoms with Crippen LogP contribution in [0.5, 0.6) is 0 Å². The molecule has 0 amide bonds. The van der Waals surface area contributed by atoms with Crippen LogP contribution in [0.15, 0.2) is 12.2 Å². The number of carbonyl (C=O) groups is 3. The highest BCUT2D eigenvalue weighted by atomic mass is 28.4. The number of allylic oxidation sites excluding steroid dienone is 1. The molecule has 9 atom stereocenters. The summed E-state index contributed by atoms with van der Waals surface area (Å²) in [5, 5.41) is 0. The molecule has 4 saturated carbocycles. The Balaban J connectivity index is 2.09. The second-order valence-electron chi connectivity index (χ2n) is 14.5. The summed E-state index contributed by atoms with van der Waals surface area (Å²) in [7, 11) is -0.285. The zero-order chi connectivity index (χ0) is 29.3. The van der Waals surface area contributed by atoms with Crippen molar-refractivity contribution in [1.82, 2.24) is 0 Å². The molecule has 8 nitrogen and oxygen atoms in total. The van der Waals surface area contributed by atoms with Gasteiger partial charge in [0.05, 0.1) is 50.3 Å². The van der Waals surface area contributed by atoms with Gasteiger partial charge >= 0.3 is 17.9 Å². The van der Waals surface area contributed by atoms with Crippen molar-refractivity contribution in [3.8, 4) is 0 Å². The number of hydrogen-bond acceptors (Lipinski definition) is 8. The molecule has 0 aromatic heterocycles. The number of fused-ring (bicyclic) bond motifs is 3. The van der Waals surface area contributed by atoms with Crippen molar-refractivity contribution in [3.63, 3.8) is 0 Å². The fourth-order valence-corrected chi connectivity index (χ4v) is 11.6. The van der Waals surface area contributed by atoms with Crippen LogP contribution in [0.4, 0.5) is 0 Å². The fraction of sp³-hybridized carbons (Fsp3) is 0.828. The van der Waals surface area contributed by atoms with Crippen LogP contribution in [0.3, 0.4) is 0 Å². The molecule has 3 unspecified atom stereocenters. The smallest absolute Gasteiger partial charge is 0.314 e. The standard InChI is InChI=1S/C29H48O8Si2/c1-17-14-28-15-18(17)12-13-20(28)29(26(32)35-5)16-19(36-38(6,7)8)23(37-39(9,10)11)27(2,25(31)34-4)22(29)21(28)24(30)33-3/h18-23H,1,12-16H2,2-11H3/t18-,19+,20?,21-,22?,23+,27?,28+,29-/m1/s1. The molecule has 0 N–H and O–H groups in total. The lowest BCUT2D eigenvalue weighted by atomic mass is 9.50. The van der Waals surface area contributed by atoms with Gasteiger partial charge in [-0.3, -0.25) is 14.4 Å². The van der Waals surface area contributed by atoms with E-state index >= 15 is 0 Å². The third kappa shape index (κ3) is 4.48. The van der Waals surface area contributed by atoms with Crippen molar-refractivity contribution in [3.05, 3.63) is 12.2 Å². The molecule has 4 rings (SSSR count). The Kier molecular flexibility index (Phi) is 7.66. The van der Waals surface area contributed by atoms with Crippen molar-refractivity contribution in [1.29, 1.82) is 0 Å². The van der Waals surface area contributed by atoms with Crippen molar-refractivity contribution in [2.75, 3.05) is 21.3 Å². The molecule has 0 saturated heterocycles. The van der Waals surface area contributed by atoms with Crippen molar-refractivity contribution < 1.29 is 37.4 Å². The summed E-state index contributed by atoms with van der Waals surface area (Å²) in [6.45, 7) is 18.8. The Morgan fingerprint density at radius 2 is 1.44 bits per heavy atom. The summed E-state index contributed by atoms with van der Waals surface area (Å²) in [5.41, 5.74) is -1.94. The Labute approximate surface area is 235 Å². The average Bonchev–Trinajstić information content (AvgIpc) is 3.25. The van der Waals surface area contributed by atoms with Crippen LogP contribution >= 0.6 is 0 Å². The molecule has 1 spiro atoms. The second-order valence-corrected chi connectivity index (χ2v) is 23.4. The van der Waals surface area contributed by atoms with E-state index in [0.29, 0.717) is 12.8 Å². The van der Waals surface area contributed by atoms with E-state index in [9.17, 15) is 14.4 Å². The van der Waals surface area contributed by atoms with Gasteiger partial charge in [0.15, 0.2) is 16.6 Å². The van der Waals surface area contributed by atoms with E-state index < -0.39 is 68.9 Å². The quantitative estimate of drug-likeness (QED) is 0.181. The van der Waals surface area contributed by atoms with Crippen LogP contribution in [0.2, 0.25) is 39.3 Å². The largest absolute Gasteiger partial charge is 0.469 e. The summed E-state index contributed by atoms with van der Waals surface area (Å²) in [6, 6.07) is 0. The van der Waals surface area contributed by atoms with E-state index in [-0.39, 0.29) is 17.8 Å². The maximum Gasteiger partial charge on any atom is 0.314 e. The molecule has 0 radical (unpaired) electrons. The summed E-state index contributed by atoms with van der Waals surface area (Å²) in [6.07, 6.45) is 2.12. The predicted octanol–water partition coefficient (Wildman–Crippen LogP) is 4.95. The number of ether oxygens (including phenoxy) is 3. The van der Waals surface area contributed by atoms with E-state index in [1.54, 1.807) is 0 Å². The first-order valence-corrected chi connectivity index (χ1v) is 21.0. The minimum atomic E-state index is -2.26. The number of esters is 3. The van der Waals surface area contributed by atoms with Crippen LogP contribution < -0.4 is 0 Å². The van der Waals surface area contributed by atoms with E-state index in [1.807, 2.05) is 6.92 Å². The molecule has 0 aromatic rings. The predicted molar refractivity (Wildman–Crippen MR) is 152 cm³/mol. The van der Waals surface area contributed by atoms with Gasteiger partial charge in [0.1, 0.15) is 0 Å². The van der Waals surface area contributed by atoms with Gasteiger partial charge in [0.25, 0.3) is 0 Å². The minimum absolute atomic E-state index is 0.188. The maximum atomic E-state index is 14.3. The minimum Gasteiger partial charge on any atom is -0.469 e. The molecule has 0 aliphatic heterocycles. The van der Waals surface area contributed by atoms with Crippen molar-refractivity contribution >= 4 is 34.5 Å². The number of carbonyl (C=O) groups excluding carboxylic acids is 3. The molecular formula is C29H48O8Si2. The van der Waals surface area contributed by atoms with Gasteiger partial charge in [0.2, 0.25) is 0 Å². The molecular weight excluding hydrogens is 532 g/mol. The lowest BCUT2D eigenvalue weighted by Crippen LogP contribution is -2.68. The van der Waals surface area contributed by atoms with E-state index in [0.717, 1.165) is 24.8 Å². The monoisotopic (exact) mass is 580 g/mol. The van der Waals surface area contributed by atoms with Gasteiger partial charge in [-0.1, -0.05) is 12.2 Å². The Bertz CT molecular complexity index is 1050. The SMILES string of the molecule is C=C1C[C@]23C[C@H]1CCC2[C@]1(C(=O)OC)C[C@H](O[Si](C)(C)C)[C@H](O[Si](C)(C)C)C(C)(C(=O)OC)C1[C@@H]3C(=O)OC. The first-order valence-electron chi connectivity index (χ1n) is 14.2. The summed E-state index contributed by atoms with van der Waals surface area (Å²) in [4.78, 5) is 42.4. The Morgan fingerprint density at radius 1 is 0.846 bits per heavy atom. The Hall–Kier alpha value is -1.50. The highest BCUT2D eigenvalue weighted by Gasteiger charge is 2.82. The molecule has 4 aliphatic rings. The van der Waals surface area contributed by atoms with Crippen LogP contribution in [-0.4, -0.2) is 68.1 Å². The molecule has 10 heteroatoms. The first kappa shape index (κ1) is 30.5. The van der Waals surface area contributed by atoms with E-state index in [4.69, 9.17) is 23.1 Å². The van der Waals surface area contributed by atoms with Crippen LogP contribution in [-0.2, 0) is 37.4 Å². The van der Waals surface area contributed by atoms with Gasteiger partial charge in [-0.05, 0) is 95.6 Å². The molecule has 0 heterocycles. The van der Waals surface area contributed by atoms with Crippen molar-refractivity contribution in [2.45, 2.75) is 90.5 Å². The van der Waals surface area contributed by atoms with Gasteiger partial charge in [-0.25, -0.2) is 0 Å². The third-order valence-electron chi connectivity index (χ3n) is 10.1. The highest BCUT2D eigenvalue weighted by Crippen LogP contribution is 2.78. The highest BCUT2D eigenvalue weighted by molar-refractivity contribution is 6.70. The lowest BCUT2D eigenvalue weighted by molar-refractivity contribution is -0.209. The molecule has 4 fully saturated rings. The van der Waals surface area contributed by atoms with Crippen LogP contribution in [0.25, 0.3) is 0 Å². The topological polar surface area (TPSA) is 97.4 Å². The van der Waals surface area contributed by atoms with Crippen LogP contribution in [0, 0.1) is 39.9 Å². The first-order chi connectivity index (χ1) is 17.9. The molecule has 220 valence electrons. The summed E-state index contributed by atoms with van der Waals surface area (Å²) in [5.74, 6) is -2.62. The molecule has 0 aromatic carbocycles. The van der Waals surface area contributed by atoms with Gasteiger partial charge in [-0.2, -0.15) is 0 Å². The second kappa shape index (κ2) is 9.81. The number of rotatable bonds is 7. The fourth-order valence-electron chi connectivity index (χ4n) is 9.33. The summed E-state index contributed by atoms with van der Waals surface area (Å²) >= 11 is 0. The number of hydrogen-bond donors (Lipinski definition) is 0. The van der Waals surface area contributed by atoms with E-state index in [1.165, 1.54) is 21.3 Å². The molecule has 39 heavy (non-hydrogen) atoms. The summed E-state index contributed by atoms with van der Waals surface area (Å²) < 4.78 is 30.3. The zero-order valence-electron chi connectivity index (χ0n) is 25.5. The van der Waals surface area contributed by atoms with Crippen molar-refractivity contribution in [2.24, 2.45) is 39.9 Å². The maximum absolute atomic E-state index is 14.3. The lowest BCUT2D eigenvalue weighted by Gasteiger charge is -2.57. The van der Waals surface area contributed by atoms with Gasteiger partial charge in [0, 0.05) is 5.92 Å². The van der Waals surface area contributed by atoms with Gasteiger partial charge < -0.3 is 23.1 Å². The molecule has 2 bridgehead atoms. The van der Waals surface area contributed by atoms with Gasteiger partial charge in [-0.15, -0.1) is 0 Å².